The highest BCUT2D eigenvalue weighted by molar-refractivity contribution is 7.18. The number of hydrogen-bond donors (Lipinski definition) is 2. The van der Waals surface area contributed by atoms with Crippen molar-refractivity contribution in [1.82, 2.24) is 19.4 Å². The molecule has 4 aromatic rings. The number of hydrogen-bond acceptors (Lipinski definition) is 8. The zero-order chi connectivity index (χ0) is 26.6. The molecule has 2 aromatic carbocycles. The minimum Gasteiger partial charge on any atom is -0.383 e. The monoisotopic (exact) mass is 534 g/mol. The molecule has 0 aliphatic carbocycles. The van der Waals surface area contributed by atoms with Gasteiger partial charge in [-0.2, -0.15) is 0 Å². The number of thiazole rings is 1. The number of para-hydroxylation sites is 1. The summed E-state index contributed by atoms with van der Waals surface area (Å²) >= 11 is 1.64. The lowest BCUT2D eigenvalue weighted by atomic mass is 10.2. The van der Waals surface area contributed by atoms with Crippen molar-refractivity contribution >= 4 is 39.0 Å². The summed E-state index contributed by atoms with van der Waals surface area (Å²) in [4.78, 5) is 50.0. The molecule has 0 spiro atoms. The zero-order valence-electron chi connectivity index (χ0n) is 21.1. The molecule has 1 saturated heterocycles. The van der Waals surface area contributed by atoms with Crippen LogP contribution in [0.25, 0.3) is 10.2 Å². The molecule has 10 nitrogen and oxygen atoms in total. The first-order chi connectivity index (χ1) is 18.5. The molecule has 1 amide bonds. The number of nitrogens with zero attached hydrogens (tertiary/aromatic N) is 4. The smallest absolute Gasteiger partial charge is 0.330 e. The first-order valence-electron chi connectivity index (χ1n) is 12.5. The van der Waals surface area contributed by atoms with Crippen LogP contribution in [-0.2, 0) is 16.1 Å². The van der Waals surface area contributed by atoms with Crippen LogP contribution in [0, 0.1) is 0 Å². The maximum atomic E-state index is 13.7. The number of aromatic nitrogens is 3. The average molecular weight is 535 g/mol. The van der Waals surface area contributed by atoms with Gasteiger partial charge >= 0.3 is 5.69 Å². The van der Waals surface area contributed by atoms with Crippen LogP contribution in [0.2, 0.25) is 0 Å². The summed E-state index contributed by atoms with van der Waals surface area (Å²) in [6.07, 6.45) is 1.84. The molecule has 11 heteroatoms. The maximum Gasteiger partial charge on any atom is 0.330 e. The fourth-order valence-electron chi connectivity index (χ4n) is 4.89. The molecular formula is C27H30N6O4S. The number of anilines is 2. The number of carbonyl (C=O) groups excluding carboxylic acids is 1. The third-order valence-corrected chi connectivity index (χ3v) is 7.92. The van der Waals surface area contributed by atoms with Gasteiger partial charge in [0.2, 0.25) is 5.91 Å². The van der Waals surface area contributed by atoms with E-state index in [0.717, 1.165) is 40.2 Å². The Bertz CT molecular complexity index is 1510. The first-order valence-corrected chi connectivity index (χ1v) is 13.3. The van der Waals surface area contributed by atoms with Crippen LogP contribution in [-0.4, -0.2) is 58.7 Å². The van der Waals surface area contributed by atoms with E-state index in [9.17, 15) is 14.4 Å². The van der Waals surface area contributed by atoms with E-state index >= 15 is 0 Å². The van der Waals surface area contributed by atoms with Crippen LogP contribution in [0.4, 0.5) is 11.5 Å². The normalized spacial score (nSPS) is 15.8. The topological polar surface area (TPSA) is 127 Å². The number of nitrogens with one attached hydrogen (secondary N) is 1. The number of carbonyl (C=O) groups is 1. The quantitative estimate of drug-likeness (QED) is 0.338. The molecule has 1 fully saturated rings. The number of ether oxygens (including phenoxy) is 1. The Morgan fingerprint density at radius 2 is 1.95 bits per heavy atom. The standard InChI is InChI=1S/C27H30N6O4S/c1-37-15-14-32(23-24(28)33(27(36)30-25(23)35)16-18-8-3-2-4-9-18)22(34)17-31-13-7-11-20(31)26-29-19-10-5-6-12-21(19)38-26/h2-6,8-10,12,20H,7,11,13-17,28H2,1H3,(H,30,35,36). The molecule has 3 N–H and O–H groups in total. The van der Waals surface area contributed by atoms with Crippen LogP contribution in [0.3, 0.4) is 0 Å². The van der Waals surface area contributed by atoms with Crippen molar-refractivity contribution in [2.45, 2.75) is 25.4 Å². The lowest BCUT2D eigenvalue weighted by Gasteiger charge is -2.28. The molecule has 1 atom stereocenters. The molecule has 1 unspecified atom stereocenters. The van der Waals surface area contributed by atoms with Gasteiger partial charge in [-0.15, -0.1) is 11.3 Å². The van der Waals surface area contributed by atoms with E-state index in [1.165, 1.54) is 16.6 Å². The first kappa shape index (κ1) is 25.8. The highest BCUT2D eigenvalue weighted by Gasteiger charge is 2.33. The van der Waals surface area contributed by atoms with Gasteiger partial charge in [0.25, 0.3) is 5.56 Å². The van der Waals surface area contributed by atoms with Gasteiger partial charge in [0.15, 0.2) is 5.69 Å². The molecular weight excluding hydrogens is 504 g/mol. The summed E-state index contributed by atoms with van der Waals surface area (Å²) in [6, 6.07) is 17.3. The fraction of sp³-hybridized carbons (Fsp3) is 0.333. The van der Waals surface area contributed by atoms with Crippen molar-refractivity contribution in [3.05, 3.63) is 86.0 Å². The molecule has 198 valence electrons. The number of methoxy groups -OCH3 is 1. The Morgan fingerprint density at radius 3 is 2.71 bits per heavy atom. The molecule has 5 rings (SSSR count). The lowest BCUT2D eigenvalue weighted by molar-refractivity contribution is -0.120. The van der Waals surface area contributed by atoms with Crippen molar-refractivity contribution in [3.63, 3.8) is 0 Å². The number of amides is 1. The van der Waals surface area contributed by atoms with E-state index in [4.69, 9.17) is 15.5 Å². The molecule has 2 aromatic heterocycles. The number of likely N-dealkylation sites (tertiary alicyclic amines) is 1. The Kier molecular flexibility index (Phi) is 7.68. The number of nitrogen functional groups attached to an aromatic ring is 1. The predicted molar refractivity (Wildman–Crippen MR) is 149 cm³/mol. The summed E-state index contributed by atoms with van der Waals surface area (Å²) in [6.45, 7) is 1.30. The van der Waals surface area contributed by atoms with Gasteiger partial charge in [0, 0.05) is 13.7 Å². The third-order valence-electron chi connectivity index (χ3n) is 6.79. The molecule has 1 aliphatic rings. The van der Waals surface area contributed by atoms with Gasteiger partial charge < -0.3 is 15.4 Å². The second kappa shape index (κ2) is 11.3. The van der Waals surface area contributed by atoms with Gasteiger partial charge in [-0.25, -0.2) is 9.78 Å². The minimum atomic E-state index is -0.703. The number of aromatic amines is 1. The van der Waals surface area contributed by atoms with E-state index in [-0.39, 0.29) is 49.7 Å². The van der Waals surface area contributed by atoms with E-state index in [2.05, 4.69) is 9.88 Å². The van der Waals surface area contributed by atoms with Crippen LogP contribution in [0.1, 0.15) is 29.5 Å². The summed E-state index contributed by atoms with van der Waals surface area (Å²) in [5.74, 6) is -0.353. The highest BCUT2D eigenvalue weighted by atomic mass is 32.1. The van der Waals surface area contributed by atoms with E-state index < -0.39 is 11.2 Å². The van der Waals surface area contributed by atoms with Gasteiger partial charge in [-0.3, -0.25) is 24.0 Å². The average Bonchev–Trinajstić information content (AvgIpc) is 3.55. The second-order valence-electron chi connectivity index (χ2n) is 9.25. The number of fused-ring (bicyclic) bond motifs is 1. The van der Waals surface area contributed by atoms with Crippen molar-refractivity contribution < 1.29 is 9.53 Å². The predicted octanol–water partition coefficient (Wildman–Crippen LogP) is 2.59. The SMILES string of the molecule is COCCN(C(=O)CN1CCCC1c1nc2ccccc2s1)c1c(N)n(Cc2ccccc2)c(=O)[nH]c1=O. The van der Waals surface area contributed by atoms with Crippen LogP contribution in [0.5, 0.6) is 0 Å². The van der Waals surface area contributed by atoms with Gasteiger partial charge in [0.1, 0.15) is 10.8 Å². The molecule has 38 heavy (non-hydrogen) atoms. The van der Waals surface area contributed by atoms with Gasteiger partial charge in [-0.05, 0) is 37.1 Å². The van der Waals surface area contributed by atoms with Gasteiger partial charge in [0.05, 0.1) is 36.0 Å². The number of H-pyrrole nitrogens is 1. The second-order valence-corrected chi connectivity index (χ2v) is 10.3. The fourth-order valence-corrected chi connectivity index (χ4v) is 6.03. The summed E-state index contributed by atoms with van der Waals surface area (Å²) < 4.78 is 7.62. The minimum absolute atomic E-state index is 0.0169. The number of rotatable bonds is 9. The molecule has 0 saturated carbocycles. The van der Waals surface area contributed by atoms with E-state index in [1.807, 2.05) is 54.6 Å². The van der Waals surface area contributed by atoms with Crippen LogP contribution >= 0.6 is 11.3 Å². The summed E-state index contributed by atoms with van der Waals surface area (Å²) in [7, 11) is 1.52. The number of benzene rings is 2. The third kappa shape index (κ3) is 5.26. The highest BCUT2D eigenvalue weighted by Crippen LogP contribution is 2.36. The molecule has 0 radical (unpaired) electrons. The molecule has 1 aliphatic heterocycles. The Hall–Kier alpha value is -3.80. The molecule has 0 bridgehead atoms. The van der Waals surface area contributed by atoms with E-state index in [1.54, 1.807) is 11.3 Å². The summed E-state index contributed by atoms with van der Waals surface area (Å²) in [5.41, 5.74) is 6.81. The van der Waals surface area contributed by atoms with E-state index in [0.29, 0.717) is 0 Å². The van der Waals surface area contributed by atoms with Crippen molar-refractivity contribution in [1.29, 1.82) is 0 Å². The van der Waals surface area contributed by atoms with Crippen molar-refractivity contribution in [2.75, 3.05) is 44.0 Å². The number of nitrogens with two attached hydrogens (primary N) is 1. The zero-order valence-corrected chi connectivity index (χ0v) is 21.9. The Balaban J connectivity index is 1.44. The van der Waals surface area contributed by atoms with Crippen molar-refractivity contribution in [3.8, 4) is 0 Å². The van der Waals surface area contributed by atoms with Crippen LogP contribution < -0.4 is 21.9 Å². The molecule has 3 heterocycles. The van der Waals surface area contributed by atoms with Crippen molar-refractivity contribution in [2.24, 2.45) is 0 Å². The van der Waals surface area contributed by atoms with Crippen LogP contribution in [0.15, 0.2) is 64.2 Å². The Labute approximate surface area is 223 Å². The lowest BCUT2D eigenvalue weighted by Crippen LogP contribution is -2.46. The largest absolute Gasteiger partial charge is 0.383 e. The maximum absolute atomic E-state index is 13.7. The Morgan fingerprint density at radius 1 is 1.18 bits per heavy atom. The summed E-state index contributed by atoms with van der Waals surface area (Å²) in [5, 5.41) is 0.980. The van der Waals surface area contributed by atoms with Gasteiger partial charge in [-0.1, -0.05) is 42.5 Å².